The summed E-state index contributed by atoms with van der Waals surface area (Å²) in [7, 11) is 0. The molecule has 0 aromatic carbocycles. The fourth-order valence-electron chi connectivity index (χ4n) is 1.99. The van der Waals surface area contributed by atoms with E-state index in [1.807, 2.05) is 0 Å². The quantitative estimate of drug-likeness (QED) is 0.681. The maximum absolute atomic E-state index is 10.5. The minimum atomic E-state index is -0.645. The molecule has 1 rings (SSSR count). The summed E-state index contributed by atoms with van der Waals surface area (Å²) < 4.78 is 0. The Balaban J connectivity index is 2.30. The van der Waals surface area contributed by atoms with E-state index in [2.05, 4.69) is 13.0 Å². The lowest BCUT2D eigenvalue weighted by molar-refractivity contribution is -0.138. The van der Waals surface area contributed by atoms with Gasteiger partial charge >= 0.3 is 5.97 Å². The topological polar surface area (TPSA) is 37.3 Å². The van der Waals surface area contributed by atoms with Crippen LogP contribution in [0.4, 0.5) is 0 Å². The molecule has 74 valence electrons. The van der Waals surface area contributed by atoms with Gasteiger partial charge in [-0.25, -0.2) is 0 Å². The van der Waals surface area contributed by atoms with Crippen LogP contribution in [0.25, 0.3) is 0 Å². The first-order chi connectivity index (χ1) is 6.22. The molecule has 0 heterocycles. The molecule has 0 radical (unpaired) electrons. The van der Waals surface area contributed by atoms with E-state index < -0.39 is 5.97 Å². The number of carboxylic acid groups (broad SMARTS) is 1. The Kier molecular flexibility index (Phi) is 4.00. The van der Waals surface area contributed by atoms with E-state index in [9.17, 15) is 4.79 Å². The lowest BCUT2D eigenvalue weighted by Crippen LogP contribution is -2.12. The number of rotatable bonds is 3. The normalized spacial score (nSPS) is 22.8. The van der Waals surface area contributed by atoms with Crippen LogP contribution in [0.5, 0.6) is 0 Å². The van der Waals surface area contributed by atoms with Gasteiger partial charge in [0.15, 0.2) is 0 Å². The highest BCUT2D eigenvalue weighted by atomic mass is 16.4. The van der Waals surface area contributed by atoms with Gasteiger partial charge in [0.1, 0.15) is 0 Å². The largest absolute Gasteiger partial charge is 0.481 e. The summed E-state index contributed by atoms with van der Waals surface area (Å²) >= 11 is 0. The van der Waals surface area contributed by atoms with Crippen molar-refractivity contribution in [2.45, 2.75) is 45.4 Å². The van der Waals surface area contributed by atoms with Gasteiger partial charge in [-0.15, -0.1) is 0 Å². The third-order valence-electron chi connectivity index (χ3n) is 2.70. The van der Waals surface area contributed by atoms with Gasteiger partial charge in [-0.05, 0) is 38.0 Å². The zero-order valence-corrected chi connectivity index (χ0v) is 8.25. The smallest absolute Gasteiger partial charge is 0.303 e. The fourth-order valence-corrected chi connectivity index (χ4v) is 1.99. The van der Waals surface area contributed by atoms with E-state index >= 15 is 0 Å². The Morgan fingerprint density at radius 2 is 2.15 bits per heavy atom. The summed E-state index contributed by atoms with van der Waals surface area (Å²) in [6.45, 7) is 2.15. The zero-order valence-electron chi connectivity index (χ0n) is 8.25. The van der Waals surface area contributed by atoms with Crippen molar-refractivity contribution < 1.29 is 9.90 Å². The van der Waals surface area contributed by atoms with Crippen molar-refractivity contribution >= 4 is 5.97 Å². The molecule has 1 N–H and O–H groups in total. The van der Waals surface area contributed by atoms with Gasteiger partial charge in [-0.1, -0.05) is 18.6 Å². The molecule has 0 spiro atoms. The fraction of sp³-hybridized carbons (Fsp3) is 0.727. The first-order valence-corrected chi connectivity index (χ1v) is 5.12. The first kappa shape index (κ1) is 10.3. The maximum Gasteiger partial charge on any atom is 0.303 e. The summed E-state index contributed by atoms with van der Waals surface area (Å²) in [5.74, 6) is -0.223. The Hall–Kier alpha value is -0.790. The van der Waals surface area contributed by atoms with Gasteiger partial charge in [0, 0.05) is 6.42 Å². The molecule has 2 nitrogen and oxygen atoms in total. The number of carboxylic acids is 1. The predicted octanol–water partition coefficient (Wildman–Crippen LogP) is 2.99. The molecule has 0 saturated heterocycles. The van der Waals surface area contributed by atoms with Gasteiger partial charge in [0.2, 0.25) is 0 Å². The second-order valence-corrected chi connectivity index (χ2v) is 3.81. The molecule has 0 aromatic rings. The second-order valence-electron chi connectivity index (χ2n) is 3.81. The second kappa shape index (κ2) is 5.05. The van der Waals surface area contributed by atoms with Crippen molar-refractivity contribution in [2.75, 3.05) is 0 Å². The van der Waals surface area contributed by atoms with Crippen LogP contribution in [0.3, 0.4) is 0 Å². The Bertz CT molecular complexity index is 196. The summed E-state index contributed by atoms with van der Waals surface area (Å²) in [6, 6.07) is 0. The number of allylic oxidation sites excluding steroid dienone is 2. The predicted molar refractivity (Wildman–Crippen MR) is 52.6 cm³/mol. The maximum atomic E-state index is 10.5. The molecule has 0 unspecified atom stereocenters. The Labute approximate surface area is 79.6 Å². The average molecular weight is 182 g/mol. The number of hydrogen-bond donors (Lipinski definition) is 1. The van der Waals surface area contributed by atoms with Gasteiger partial charge < -0.3 is 5.11 Å². The molecule has 1 aliphatic rings. The average Bonchev–Trinajstić information content (AvgIpc) is 2.08. The Morgan fingerprint density at radius 3 is 2.62 bits per heavy atom. The van der Waals surface area contributed by atoms with E-state index in [1.54, 1.807) is 0 Å². The third-order valence-corrected chi connectivity index (χ3v) is 2.70. The molecular formula is C11H18O2. The molecule has 0 amide bonds. The van der Waals surface area contributed by atoms with Crippen molar-refractivity contribution in [1.29, 1.82) is 0 Å². The van der Waals surface area contributed by atoms with Crippen LogP contribution in [0.2, 0.25) is 0 Å². The minimum Gasteiger partial charge on any atom is -0.481 e. The number of aliphatic carboxylic acids is 1. The molecule has 0 bridgehead atoms. The molecule has 1 aliphatic carbocycles. The summed E-state index contributed by atoms with van der Waals surface area (Å²) in [5.41, 5.74) is 1.53. The van der Waals surface area contributed by atoms with E-state index in [1.165, 1.54) is 5.57 Å². The van der Waals surface area contributed by atoms with Crippen LogP contribution in [-0.4, -0.2) is 11.1 Å². The lowest BCUT2D eigenvalue weighted by atomic mass is 9.84. The van der Waals surface area contributed by atoms with Gasteiger partial charge in [-0.2, -0.15) is 0 Å². The Morgan fingerprint density at radius 1 is 1.54 bits per heavy atom. The highest BCUT2D eigenvalue weighted by Gasteiger charge is 2.18. The molecular weight excluding hydrogens is 164 g/mol. The van der Waals surface area contributed by atoms with Crippen LogP contribution < -0.4 is 0 Å². The molecule has 1 saturated carbocycles. The lowest BCUT2D eigenvalue weighted by Gasteiger charge is -2.22. The van der Waals surface area contributed by atoms with Crippen LogP contribution in [-0.2, 0) is 4.79 Å². The van der Waals surface area contributed by atoms with Crippen LogP contribution in [0, 0.1) is 5.92 Å². The van der Waals surface area contributed by atoms with E-state index in [0.29, 0.717) is 12.3 Å². The number of carbonyl (C=O) groups is 1. The van der Waals surface area contributed by atoms with Crippen molar-refractivity contribution in [3.8, 4) is 0 Å². The SMILES string of the molecule is CCC=C1CCC(CC(=O)O)CC1. The summed E-state index contributed by atoms with van der Waals surface area (Å²) in [5, 5.41) is 8.62. The summed E-state index contributed by atoms with van der Waals surface area (Å²) in [4.78, 5) is 10.5. The van der Waals surface area contributed by atoms with Crippen molar-refractivity contribution in [3.05, 3.63) is 11.6 Å². The third kappa shape index (κ3) is 3.62. The molecule has 0 aromatic heterocycles. The van der Waals surface area contributed by atoms with Crippen molar-refractivity contribution in [1.82, 2.24) is 0 Å². The van der Waals surface area contributed by atoms with Crippen LogP contribution in [0.1, 0.15) is 45.4 Å². The highest BCUT2D eigenvalue weighted by Crippen LogP contribution is 2.30. The van der Waals surface area contributed by atoms with E-state index in [0.717, 1.165) is 32.1 Å². The van der Waals surface area contributed by atoms with E-state index in [-0.39, 0.29) is 0 Å². The van der Waals surface area contributed by atoms with Gasteiger partial charge in [0.05, 0.1) is 0 Å². The van der Waals surface area contributed by atoms with Crippen molar-refractivity contribution in [3.63, 3.8) is 0 Å². The van der Waals surface area contributed by atoms with Crippen LogP contribution >= 0.6 is 0 Å². The standard InChI is InChI=1S/C11H18O2/c1-2-3-9-4-6-10(7-5-9)8-11(12)13/h3,10H,2,4-8H2,1H3,(H,12,13). The van der Waals surface area contributed by atoms with Crippen molar-refractivity contribution in [2.24, 2.45) is 5.92 Å². The minimum absolute atomic E-state index is 0.361. The van der Waals surface area contributed by atoms with E-state index in [4.69, 9.17) is 5.11 Å². The molecule has 1 fully saturated rings. The van der Waals surface area contributed by atoms with Gasteiger partial charge in [-0.3, -0.25) is 4.79 Å². The van der Waals surface area contributed by atoms with Gasteiger partial charge in [0.25, 0.3) is 0 Å². The van der Waals surface area contributed by atoms with Crippen LogP contribution in [0.15, 0.2) is 11.6 Å². The highest BCUT2D eigenvalue weighted by molar-refractivity contribution is 5.67. The molecule has 13 heavy (non-hydrogen) atoms. The summed E-state index contributed by atoms with van der Waals surface area (Å²) in [6.07, 6.45) is 8.13. The molecule has 0 atom stereocenters. The first-order valence-electron chi connectivity index (χ1n) is 5.12. The zero-order chi connectivity index (χ0) is 9.68. The monoisotopic (exact) mass is 182 g/mol. The molecule has 2 heteroatoms. The number of hydrogen-bond acceptors (Lipinski definition) is 1. The molecule has 0 aliphatic heterocycles.